The van der Waals surface area contributed by atoms with Crippen LogP contribution in [0.3, 0.4) is 0 Å². The van der Waals surface area contributed by atoms with E-state index in [1.54, 1.807) is 6.92 Å². The Morgan fingerprint density at radius 1 is 0.744 bits per heavy atom. The molecule has 0 fully saturated rings. The third-order valence-corrected chi connectivity index (χ3v) is 7.18. The molecule has 0 rings (SSSR count). The number of carboxylic acids is 1. The molecule has 0 bridgehead atoms. The van der Waals surface area contributed by atoms with Gasteiger partial charge in [0.15, 0.2) is 0 Å². The molecule has 0 spiro atoms. The number of carbonyl (C=O) groups is 6. The Balaban J connectivity index is 5.86. The van der Waals surface area contributed by atoms with E-state index < -0.39 is 59.8 Å². The van der Waals surface area contributed by atoms with Gasteiger partial charge in [-0.05, 0) is 76.3 Å². The maximum absolute atomic E-state index is 13.5. The second-order valence-electron chi connectivity index (χ2n) is 11.5. The molecular weight excluding hydrogens is 558 g/mol. The van der Waals surface area contributed by atoms with Gasteiger partial charge in [0.25, 0.3) is 0 Å². The number of aliphatic carboxylic acids is 1. The van der Waals surface area contributed by atoms with Crippen LogP contribution in [0.15, 0.2) is 0 Å². The van der Waals surface area contributed by atoms with Crippen molar-refractivity contribution in [2.45, 2.75) is 122 Å². The van der Waals surface area contributed by atoms with Crippen LogP contribution in [0.5, 0.6) is 0 Å². The largest absolute Gasteiger partial charge is 0.481 e. The van der Waals surface area contributed by atoms with Gasteiger partial charge in [-0.25, -0.2) is 0 Å². The summed E-state index contributed by atoms with van der Waals surface area (Å²) in [5, 5.41) is 19.7. The lowest BCUT2D eigenvalue weighted by molar-refractivity contribution is -0.137. The van der Waals surface area contributed by atoms with Gasteiger partial charge < -0.3 is 48.4 Å². The van der Waals surface area contributed by atoms with Gasteiger partial charge >= 0.3 is 5.97 Å². The highest BCUT2D eigenvalue weighted by atomic mass is 16.4. The summed E-state index contributed by atoms with van der Waals surface area (Å²) in [6.45, 7) is 8.24. The molecule has 0 aliphatic heterocycles. The van der Waals surface area contributed by atoms with Crippen molar-refractivity contribution in [1.82, 2.24) is 21.3 Å². The molecule has 6 unspecified atom stereocenters. The van der Waals surface area contributed by atoms with Crippen LogP contribution in [0.4, 0.5) is 0 Å². The fourth-order valence-corrected chi connectivity index (χ4v) is 4.37. The molecule has 0 aromatic carbocycles. The van der Waals surface area contributed by atoms with Crippen LogP contribution in [0.25, 0.3) is 0 Å². The third-order valence-electron chi connectivity index (χ3n) is 7.18. The van der Waals surface area contributed by atoms with Crippen LogP contribution >= 0.6 is 0 Å². The summed E-state index contributed by atoms with van der Waals surface area (Å²) >= 11 is 0. The Morgan fingerprint density at radius 2 is 1.26 bits per heavy atom. The standard InChI is InChI=1S/C29H55N7O7/c1-5-19(4)25(36-26(40)21(32)12-13-24(38)39)29(43)35-23(11-7-9-15-31)28(42)34-22(10-6-8-14-30)27(41)33-20(17-37)16-18(2)3/h17-23,25H,5-16,30-32H2,1-4H3,(H,33,41)(H,34,42)(H,35,43)(H,36,40)(H,38,39). The van der Waals surface area contributed by atoms with Gasteiger partial charge in [0.1, 0.15) is 24.4 Å². The molecule has 0 saturated heterocycles. The predicted molar refractivity (Wildman–Crippen MR) is 163 cm³/mol. The van der Waals surface area contributed by atoms with Gasteiger partial charge in [0, 0.05) is 6.42 Å². The van der Waals surface area contributed by atoms with Crippen LogP contribution in [-0.2, 0) is 28.8 Å². The summed E-state index contributed by atoms with van der Waals surface area (Å²) < 4.78 is 0. The number of unbranched alkanes of at least 4 members (excludes halogenated alkanes) is 2. The van der Waals surface area contributed by atoms with Crippen LogP contribution in [0.2, 0.25) is 0 Å². The molecule has 0 radical (unpaired) electrons. The lowest BCUT2D eigenvalue weighted by Gasteiger charge is -2.28. The maximum Gasteiger partial charge on any atom is 0.303 e. The molecule has 0 heterocycles. The Kier molecular flexibility index (Phi) is 20.8. The molecule has 0 aromatic rings. The zero-order valence-corrected chi connectivity index (χ0v) is 26.2. The molecular formula is C29H55N7O7. The number of carbonyl (C=O) groups excluding carboxylic acids is 5. The van der Waals surface area contributed by atoms with Crippen molar-refractivity contribution in [3.05, 3.63) is 0 Å². The van der Waals surface area contributed by atoms with Crippen LogP contribution < -0.4 is 38.5 Å². The minimum Gasteiger partial charge on any atom is -0.481 e. The van der Waals surface area contributed by atoms with E-state index in [1.165, 1.54) is 0 Å². The molecule has 0 aliphatic rings. The van der Waals surface area contributed by atoms with E-state index in [2.05, 4.69) is 21.3 Å². The summed E-state index contributed by atoms with van der Waals surface area (Å²) in [7, 11) is 0. The predicted octanol–water partition coefficient (Wildman–Crippen LogP) is -0.333. The first-order valence-corrected chi connectivity index (χ1v) is 15.3. The van der Waals surface area contributed by atoms with Gasteiger partial charge in [-0.1, -0.05) is 34.1 Å². The van der Waals surface area contributed by atoms with E-state index in [4.69, 9.17) is 22.3 Å². The van der Waals surface area contributed by atoms with Gasteiger partial charge in [-0.2, -0.15) is 0 Å². The zero-order chi connectivity index (χ0) is 32.9. The van der Waals surface area contributed by atoms with E-state index in [0.717, 1.165) is 0 Å². The summed E-state index contributed by atoms with van der Waals surface area (Å²) in [6, 6.07) is -4.86. The normalized spacial score (nSPS) is 15.3. The van der Waals surface area contributed by atoms with E-state index in [0.29, 0.717) is 57.9 Å². The molecule has 43 heavy (non-hydrogen) atoms. The molecule has 0 saturated carbocycles. The molecule has 0 aromatic heterocycles. The van der Waals surface area contributed by atoms with Crippen molar-refractivity contribution in [1.29, 1.82) is 0 Å². The van der Waals surface area contributed by atoms with Crippen molar-refractivity contribution in [2.24, 2.45) is 29.0 Å². The average molecular weight is 614 g/mol. The summed E-state index contributed by atoms with van der Waals surface area (Å²) in [5.41, 5.74) is 17.1. The highest BCUT2D eigenvalue weighted by Crippen LogP contribution is 2.12. The van der Waals surface area contributed by atoms with E-state index >= 15 is 0 Å². The topological polar surface area (TPSA) is 249 Å². The van der Waals surface area contributed by atoms with Crippen LogP contribution in [0.1, 0.15) is 91.9 Å². The van der Waals surface area contributed by atoms with Crippen LogP contribution in [-0.4, -0.2) is 84.3 Å². The second-order valence-corrected chi connectivity index (χ2v) is 11.5. The Morgan fingerprint density at radius 3 is 1.70 bits per heavy atom. The van der Waals surface area contributed by atoms with E-state index in [-0.39, 0.29) is 37.5 Å². The van der Waals surface area contributed by atoms with Gasteiger partial charge in [0.05, 0.1) is 12.1 Å². The quantitative estimate of drug-likeness (QED) is 0.0520. The molecule has 6 atom stereocenters. The van der Waals surface area contributed by atoms with E-state index in [1.807, 2.05) is 20.8 Å². The number of nitrogens with one attached hydrogen (secondary N) is 4. The summed E-state index contributed by atoms with van der Waals surface area (Å²) in [4.78, 5) is 75.1. The monoisotopic (exact) mass is 613 g/mol. The third kappa shape index (κ3) is 17.0. The number of hydrogen-bond acceptors (Lipinski definition) is 9. The number of rotatable bonds is 24. The summed E-state index contributed by atoms with van der Waals surface area (Å²) in [5.74, 6) is -3.64. The minimum absolute atomic E-state index is 0.101. The lowest BCUT2D eigenvalue weighted by Crippen LogP contribution is -2.59. The first kappa shape index (κ1) is 39.9. The average Bonchev–Trinajstić information content (AvgIpc) is 2.96. The molecule has 11 N–H and O–H groups in total. The Hall–Kier alpha value is -3.10. The van der Waals surface area contributed by atoms with Crippen LogP contribution in [0, 0.1) is 11.8 Å². The Bertz CT molecular complexity index is 887. The first-order chi connectivity index (χ1) is 20.3. The number of hydrogen-bond donors (Lipinski definition) is 8. The zero-order valence-electron chi connectivity index (χ0n) is 26.2. The molecule has 14 heteroatoms. The number of amides is 4. The molecule has 14 nitrogen and oxygen atoms in total. The van der Waals surface area contributed by atoms with Crippen molar-refractivity contribution in [3.8, 4) is 0 Å². The fraction of sp³-hybridized carbons (Fsp3) is 0.793. The van der Waals surface area contributed by atoms with Gasteiger partial charge in [-0.3, -0.25) is 24.0 Å². The smallest absolute Gasteiger partial charge is 0.303 e. The molecule has 248 valence electrons. The van der Waals surface area contributed by atoms with Crippen molar-refractivity contribution in [2.75, 3.05) is 13.1 Å². The number of aldehydes is 1. The first-order valence-electron chi connectivity index (χ1n) is 15.3. The highest BCUT2D eigenvalue weighted by Gasteiger charge is 2.32. The maximum atomic E-state index is 13.5. The SMILES string of the molecule is CCC(C)C(NC(=O)C(N)CCC(=O)O)C(=O)NC(CCCCN)C(=O)NC(CCCCN)C(=O)NC(C=O)CC(C)C. The van der Waals surface area contributed by atoms with E-state index in [9.17, 15) is 28.8 Å². The Labute approximate surface area is 255 Å². The molecule has 4 amide bonds. The minimum atomic E-state index is -1.13. The molecule has 0 aliphatic carbocycles. The lowest BCUT2D eigenvalue weighted by atomic mass is 9.96. The highest BCUT2D eigenvalue weighted by molar-refractivity contribution is 5.95. The summed E-state index contributed by atoms with van der Waals surface area (Å²) in [6.07, 6.45) is 4.04. The fourth-order valence-electron chi connectivity index (χ4n) is 4.37. The number of carboxylic acid groups (broad SMARTS) is 1. The van der Waals surface area contributed by atoms with Gasteiger partial charge in [-0.15, -0.1) is 0 Å². The second kappa shape index (κ2) is 22.4. The number of nitrogens with two attached hydrogens (primary N) is 3. The van der Waals surface area contributed by atoms with Gasteiger partial charge in [0.2, 0.25) is 23.6 Å². The van der Waals surface area contributed by atoms with Crippen molar-refractivity contribution < 1.29 is 33.9 Å². The van der Waals surface area contributed by atoms with Crippen molar-refractivity contribution >= 4 is 35.9 Å². The van der Waals surface area contributed by atoms with Crippen molar-refractivity contribution in [3.63, 3.8) is 0 Å².